The van der Waals surface area contributed by atoms with Gasteiger partial charge in [0, 0.05) is 42.7 Å². The number of ether oxygens (including phenoxy) is 1. The standard InChI is InChI=1S/C23H21ClF3N5O3/c1-35-20-8-13(15(24)11-28-20)18-9-19(31-30-18)23(34)32-6-4-12(5-7-32)22(33)29-10-14-16(25)2-3-17(26)21(14)27/h2-3,8-9,11-12H,4-7,10H2,1H3,(H,29,33)(H,30,31). The molecule has 2 aromatic heterocycles. The van der Waals surface area contributed by atoms with Gasteiger partial charge in [-0.3, -0.25) is 14.7 Å². The largest absolute Gasteiger partial charge is 0.481 e. The average Bonchev–Trinajstić information content (AvgIpc) is 3.36. The van der Waals surface area contributed by atoms with Crippen LogP contribution in [-0.4, -0.2) is 52.1 Å². The summed E-state index contributed by atoms with van der Waals surface area (Å²) in [6, 6.07) is 4.68. The summed E-state index contributed by atoms with van der Waals surface area (Å²) in [5, 5.41) is 9.68. The zero-order valence-corrected chi connectivity index (χ0v) is 19.3. The van der Waals surface area contributed by atoms with Crippen LogP contribution in [0.1, 0.15) is 28.9 Å². The number of hydrogen-bond acceptors (Lipinski definition) is 5. The SMILES string of the molecule is COc1cc(-c2cc(C(=O)N3CCC(C(=O)NCc4c(F)ccc(F)c4F)CC3)[nH]n2)c(Cl)cn1. The van der Waals surface area contributed by atoms with Crippen molar-refractivity contribution in [2.45, 2.75) is 19.4 Å². The Balaban J connectivity index is 1.34. The number of piperidine rings is 1. The molecule has 184 valence electrons. The van der Waals surface area contributed by atoms with Gasteiger partial charge >= 0.3 is 0 Å². The number of amides is 2. The molecule has 3 aromatic rings. The first kappa shape index (κ1) is 24.5. The van der Waals surface area contributed by atoms with E-state index < -0.39 is 41.4 Å². The smallest absolute Gasteiger partial charge is 0.271 e. The topological polar surface area (TPSA) is 100 Å². The minimum absolute atomic E-state index is 0.256. The van der Waals surface area contributed by atoms with Crippen molar-refractivity contribution in [2.24, 2.45) is 5.92 Å². The summed E-state index contributed by atoms with van der Waals surface area (Å²) >= 11 is 6.20. The second kappa shape index (κ2) is 10.3. The van der Waals surface area contributed by atoms with Crippen molar-refractivity contribution in [1.29, 1.82) is 0 Å². The molecule has 0 aliphatic carbocycles. The molecule has 8 nitrogen and oxygen atoms in total. The quantitative estimate of drug-likeness (QED) is 0.495. The first-order valence-corrected chi connectivity index (χ1v) is 11.1. The summed E-state index contributed by atoms with van der Waals surface area (Å²) in [6.45, 7) is 0.141. The average molecular weight is 508 g/mol. The Morgan fingerprint density at radius 1 is 1.20 bits per heavy atom. The van der Waals surface area contributed by atoms with E-state index in [1.807, 2.05) is 0 Å². The van der Waals surface area contributed by atoms with E-state index in [-0.39, 0.29) is 11.6 Å². The van der Waals surface area contributed by atoms with Crippen LogP contribution in [0.25, 0.3) is 11.3 Å². The molecule has 3 heterocycles. The Labute approximate surface area is 203 Å². The minimum Gasteiger partial charge on any atom is -0.481 e. The molecular formula is C23H21ClF3N5O3. The molecule has 35 heavy (non-hydrogen) atoms. The molecule has 2 amide bonds. The van der Waals surface area contributed by atoms with E-state index in [0.29, 0.717) is 54.2 Å². The number of rotatable bonds is 6. The van der Waals surface area contributed by atoms with E-state index in [9.17, 15) is 22.8 Å². The molecular weight excluding hydrogens is 487 g/mol. The van der Waals surface area contributed by atoms with Gasteiger partial charge in [-0.25, -0.2) is 18.2 Å². The summed E-state index contributed by atoms with van der Waals surface area (Å²) in [7, 11) is 1.47. The van der Waals surface area contributed by atoms with E-state index in [2.05, 4.69) is 20.5 Å². The minimum atomic E-state index is -1.32. The summed E-state index contributed by atoms with van der Waals surface area (Å²) < 4.78 is 46.0. The van der Waals surface area contributed by atoms with Gasteiger partial charge in [0.25, 0.3) is 5.91 Å². The molecule has 0 unspecified atom stereocenters. The molecule has 0 radical (unpaired) electrons. The summed E-state index contributed by atoms with van der Waals surface area (Å²) in [5.41, 5.74) is 0.722. The van der Waals surface area contributed by atoms with Crippen LogP contribution in [0.5, 0.6) is 5.88 Å². The molecule has 0 bridgehead atoms. The highest BCUT2D eigenvalue weighted by Gasteiger charge is 2.29. The van der Waals surface area contributed by atoms with Crippen molar-refractivity contribution in [3.63, 3.8) is 0 Å². The van der Waals surface area contributed by atoms with Crippen molar-refractivity contribution >= 4 is 23.4 Å². The van der Waals surface area contributed by atoms with E-state index in [0.717, 1.165) is 6.07 Å². The van der Waals surface area contributed by atoms with Gasteiger partial charge in [0.05, 0.1) is 24.0 Å². The molecule has 12 heteroatoms. The highest BCUT2D eigenvalue weighted by Crippen LogP contribution is 2.29. The molecule has 1 aliphatic heterocycles. The lowest BCUT2D eigenvalue weighted by molar-refractivity contribution is -0.126. The second-order valence-corrected chi connectivity index (χ2v) is 8.39. The Kier molecular flexibility index (Phi) is 7.25. The Hall–Kier alpha value is -3.60. The first-order chi connectivity index (χ1) is 16.8. The van der Waals surface area contributed by atoms with Crippen molar-refractivity contribution in [3.05, 3.63) is 64.2 Å². The van der Waals surface area contributed by atoms with Gasteiger partial charge in [-0.05, 0) is 31.0 Å². The number of aromatic nitrogens is 3. The molecule has 1 aromatic carbocycles. The maximum absolute atomic E-state index is 13.8. The summed E-state index contributed by atoms with van der Waals surface area (Å²) in [6.07, 6.45) is 2.15. The monoisotopic (exact) mass is 507 g/mol. The highest BCUT2D eigenvalue weighted by atomic mass is 35.5. The number of nitrogens with zero attached hydrogens (tertiary/aromatic N) is 3. The van der Waals surface area contributed by atoms with Gasteiger partial charge in [0.2, 0.25) is 11.8 Å². The third-order valence-corrected chi connectivity index (χ3v) is 6.16. The van der Waals surface area contributed by atoms with Gasteiger partial charge in [-0.1, -0.05) is 11.6 Å². The lowest BCUT2D eigenvalue weighted by atomic mass is 9.95. The zero-order chi connectivity index (χ0) is 25.1. The van der Waals surface area contributed by atoms with Gasteiger partial charge in [-0.2, -0.15) is 5.10 Å². The number of H-pyrrole nitrogens is 1. The second-order valence-electron chi connectivity index (χ2n) is 7.98. The molecule has 2 N–H and O–H groups in total. The van der Waals surface area contributed by atoms with Crippen LogP contribution in [0.15, 0.2) is 30.5 Å². The zero-order valence-electron chi connectivity index (χ0n) is 18.6. The van der Waals surface area contributed by atoms with E-state index in [1.54, 1.807) is 17.0 Å². The number of aromatic amines is 1. The Morgan fingerprint density at radius 2 is 1.91 bits per heavy atom. The van der Waals surface area contributed by atoms with Crippen LogP contribution in [0.3, 0.4) is 0 Å². The molecule has 1 aliphatic rings. The van der Waals surface area contributed by atoms with Gasteiger partial charge in [-0.15, -0.1) is 0 Å². The number of pyridine rings is 1. The molecule has 1 saturated heterocycles. The number of hydrogen-bond donors (Lipinski definition) is 2. The first-order valence-electron chi connectivity index (χ1n) is 10.7. The molecule has 4 rings (SSSR count). The number of benzene rings is 1. The summed E-state index contributed by atoms with van der Waals surface area (Å²) in [5.74, 6) is -4.24. The third-order valence-electron chi connectivity index (χ3n) is 5.85. The number of methoxy groups -OCH3 is 1. The third kappa shape index (κ3) is 5.24. The predicted molar refractivity (Wildman–Crippen MR) is 120 cm³/mol. The number of likely N-dealkylation sites (tertiary alicyclic amines) is 1. The number of nitrogens with one attached hydrogen (secondary N) is 2. The van der Waals surface area contributed by atoms with Gasteiger partial charge in [0.15, 0.2) is 11.6 Å². The number of carbonyl (C=O) groups excluding carboxylic acids is 2. The lowest BCUT2D eigenvalue weighted by Gasteiger charge is -2.31. The van der Waals surface area contributed by atoms with Gasteiger partial charge in [0.1, 0.15) is 11.5 Å². The van der Waals surface area contributed by atoms with Crippen molar-refractivity contribution in [2.75, 3.05) is 20.2 Å². The number of carbonyl (C=O) groups is 2. The number of halogens is 4. The van der Waals surface area contributed by atoms with Crippen molar-refractivity contribution in [1.82, 2.24) is 25.4 Å². The maximum atomic E-state index is 13.8. The van der Waals surface area contributed by atoms with E-state index >= 15 is 0 Å². The summed E-state index contributed by atoms with van der Waals surface area (Å²) in [4.78, 5) is 31.0. The van der Waals surface area contributed by atoms with Crippen molar-refractivity contribution < 1.29 is 27.5 Å². The van der Waals surface area contributed by atoms with Gasteiger partial charge < -0.3 is 15.0 Å². The maximum Gasteiger partial charge on any atom is 0.271 e. The van der Waals surface area contributed by atoms with Crippen LogP contribution in [-0.2, 0) is 11.3 Å². The Bertz CT molecular complexity index is 1260. The molecule has 0 saturated carbocycles. The fraction of sp³-hybridized carbons (Fsp3) is 0.304. The van der Waals surface area contributed by atoms with Crippen LogP contribution >= 0.6 is 11.6 Å². The van der Waals surface area contributed by atoms with Crippen LogP contribution in [0.2, 0.25) is 5.02 Å². The van der Waals surface area contributed by atoms with Crippen LogP contribution in [0.4, 0.5) is 13.2 Å². The fourth-order valence-electron chi connectivity index (χ4n) is 3.86. The molecule has 0 spiro atoms. The van der Waals surface area contributed by atoms with Crippen LogP contribution in [0, 0.1) is 23.4 Å². The van der Waals surface area contributed by atoms with E-state index in [1.165, 1.54) is 13.3 Å². The normalized spacial score (nSPS) is 14.1. The lowest BCUT2D eigenvalue weighted by Crippen LogP contribution is -2.43. The predicted octanol–water partition coefficient (Wildman–Crippen LogP) is 3.72. The molecule has 1 fully saturated rings. The van der Waals surface area contributed by atoms with Crippen LogP contribution < -0.4 is 10.1 Å². The molecule has 0 atom stereocenters. The van der Waals surface area contributed by atoms with Crippen molar-refractivity contribution in [3.8, 4) is 17.1 Å². The fourth-order valence-corrected chi connectivity index (χ4v) is 4.06. The van der Waals surface area contributed by atoms with E-state index in [4.69, 9.17) is 16.3 Å². The highest BCUT2D eigenvalue weighted by molar-refractivity contribution is 6.33. The Morgan fingerprint density at radius 3 is 2.63 bits per heavy atom.